The minimum atomic E-state index is 0.667. The minimum absolute atomic E-state index is 0.667. The summed E-state index contributed by atoms with van der Waals surface area (Å²) in [5.74, 6) is 0. The van der Waals surface area contributed by atoms with Crippen LogP contribution in [0.2, 0.25) is 0 Å². The van der Waals surface area contributed by atoms with Gasteiger partial charge in [-0.15, -0.1) is 0 Å². The van der Waals surface area contributed by atoms with Crippen molar-refractivity contribution in [1.29, 1.82) is 10.8 Å². The van der Waals surface area contributed by atoms with Crippen molar-refractivity contribution in [3.63, 3.8) is 0 Å². The number of rotatable bonds is 0. The van der Waals surface area contributed by atoms with Gasteiger partial charge in [-0.3, -0.25) is 0 Å². The molecule has 0 saturated carbocycles. The predicted octanol–water partition coefficient (Wildman–Crippen LogP) is 2.09. The monoisotopic (exact) mass is 114 g/mol. The smallest absolute Gasteiger partial charge is 0.00272 e. The van der Waals surface area contributed by atoms with E-state index in [0.29, 0.717) is 11.4 Å². The van der Waals surface area contributed by atoms with Crippen LogP contribution in [0.25, 0.3) is 0 Å². The van der Waals surface area contributed by atoms with Crippen LogP contribution in [-0.4, -0.2) is 11.4 Å². The summed E-state index contributed by atoms with van der Waals surface area (Å²) in [6.07, 6.45) is 0. The van der Waals surface area contributed by atoms with Crippen molar-refractivity contribution >= 4 is 11.4 Å². The summed E-state index contributed by atoms with van der Waals surface area (Å²) in [5.41, 5.74) is 1.33. The van der Waals surface area contributed by atoms with Crippen molar-refractivity contribution in [1.82, 2.24) is 0 Å². The largest absolute Gasteiger partial charge is 0.310 e. The maximum atomic E-state index is 6.50. The van der Waals surface area contributed by atoms with E-state index in [4.69, 9.17) is 10.8 Å². The Bertz CT molecular complexity index is 64.5. The molecule has 0 heterocycles. The lowest BCUT2D eigenvalue weighted by Crippen LogP contribution is -1.67. The SMILES string of the molecule is CC(C)=N.CC(C)=N. The Morgan fingerprint density at radius 2 is 0.750 bits per heavy atom. The molecule has 0 bridgehead atoms. The summed E-state index contributed by atoms with van der Waals surface area (Å²) in [5, 5.41) is 13.0. The third-order valence-electron chi connectivity index (χ3n) is 0. The van der Waals surface area contributed by atoms with Gasteiger partial charge >= 0.3 is 0 Å². The molecule has 2 nitrogen and oxygen atoms in total. The zero-order valence-electron chi connectivity index (χ0n) is 6.00. The molecular weight excluding hydrogens is 100 g/mol. The summed E-state index contributed by atoms with van der Waals surface area (Å²) >= 11 is 0. The summed E-state index contributed by atoms with van der Waals surface area (Å²) in [7, 11) is 0. The predicted molar refractivity (Wildman–Crippen MR) is 38.1 cm³/mol. The molecule has 0 aromatic rings. The quantitative estimate of drug-likeness (QED) is 0.453. The van der Waals surface area contributed by atoms with E-state index in [1.165, 1.54) is 0 Å². The van der Waals surface area contributed by atoms with Crippen LogP contribution in [0.5, 0.6) is 0 Å². The van der Waals surface area contributed by atoms with Gasteiger partial charge in [0.2, 0.25) is 0 Å². The Balaban J connectivity index is 0. The molecule has 0 aliphatic heterocycles. The van der Waals surface area contributed by atoms with E-state index in [1.807, 2.05) is 0 Å². The molecule has 0 aliphatic rings. The Morgan fingerprint density at radius 3 is 0.750 bits per heavy atom. The fourth-order valence-electron chi connectivity index (χ4n) is 0. The standard InChI is InChI=1S/2C3H7N/c2*1-3(2)4/h2*4H,1-2H3. The number of hydrogen-bond donors (Lipinski definition) is 2. The minimum Gasteiger partial charge on any atom is -0.310 e. The first-order valence-corrected chi connectivity index (χ1v) is 2.50. The Hall–Kier alpha value is -0.660. The van der Waals surface area contributed by atoms with Crippen LogP contribution < -0.4 is 0 Å². The van der Waals surface area contributed by atoms with Crippen LogP contribution in [0, 0.1) is 10.8 Å². The molecule has 0 aromatic heterocycles. The molecule has 0 unspecified atom stereocenters. The molecule has 0 spiro atoms. The fraction of sp³-hybridized carbons (Fsp3) is 0.667. The second-order valence-corrected chi connectivity index (χ2v) is 2.00. The van der Waals surface area contributed by atoms with Crippen LogP contribution in [-0.2, 0) is 0 Å². The van der Waals surface area contributed by atoms with Gasteiger partial charge in [-0.1, -0.05) is 0 Å². The van der Waals surface area contributed by atoms with E-state index in [1.54, 1.807) is 27.7 Å². The highest BCUT2D eigenvalue weighted by Crippen LogP contribution is 1.53. The Kier molecular flexibility index (Phi) is 8.20. The molecule has 2 N–H and O–H groups in total. The average molecular weight is 114 g/mol. The van der Waals surface area contributed by atoms with Crippen LogP contribution in [0.1, 0.15) is 27.7 Å². The molecule has 0 aliphatic carbocycles. The van der Waals surface area contributed by atoms with Gasteiger partial charge in [0, 0.05) is 11.4 Å². The van der Waals surface area contributed by atoms with Crippen molar-refractivity contribution in [2.24, 2.45) is 0 Å². The molecule has 8 heavy (non-hydrogen) atoms. The average Bonchev–Trinajstić information content (AvgIpc) is 1.25. The number of nitrogens with one attached hydrogen (secondary N) is 2. The summed E-state index contributed by atoms with van der Waals surface area (Å²) in [4.78, 5) is 0. The zero-order chi connectivity index (χ0) is 7.15. The topological polar surface area (TPSA) is 47.7 Å². The molecule has 0 saturated heterocycles. The van der Waals surface area contributed by atoms with Gasteiger partial charge in [-0.25, -0.2) is 0 Å². The van der Waals surface area contributed by atoms with Gasteiger partial charge in [0.1, 0.15) is 0 Å². The molecule has 0 rings (SSSR count). The van der Waals surface area contributed by atoms with Crippen molar-refractivity contribution in [2.45, 2.75) is 27.7 Å². The highest BCUT2D eigenvalue weighted by atomic mass is 14.3. The summed E-state index contributed by atoms with van der Waals surface area (Å²) < 4.78 is 0. The van der Waals surface area contributed by atoms with Crippen LogP contribution >= 0.6 is 0 Å². The van der Waals surface area contributed by atoms with Gasteiger partial charge in [0.15, 0.2) is 0 Å². The van der Waals surface area contributed by atoms with Gasteiger partial charge in [-0.2, -0.15) is 0 Å². The Labute approximate surface area is 50.9 Å². The van der Waals surface area contributed by atoms with E-state index < -0.39 is 0 Å². The normalized spacial score (nSPS) is 6.50. The summed E-state index contributed by atoms with van der Waals surface area (Å²) in [6, 6.07) is 0. The molecule has 0 atom stereocenters. The lowest BCUT2D eigenvalue weighted by Gasteiger charge is -1.63. The maximum Gasteiger partial charge on any atom is 0.00272 e. The van der Waals surface area contributed by atoms with Crippen LogP contribution in [0.15, 0.2) is 0 Å². The van der Waals surface area contributed by atoms with Gasteiger partial charge in [0.25, 0.3) is 0 Å². The maximum absolute atomic E-state index is 6.50. The third kappa shape index (κ3) is 231. The molecule has 2 heteroatoms. The van der Waals surface area contributed by atoms with Gasteiger partial charge < -0.3 is 10.8 Å². The molecule has 0 radical (unpaired) electrons. The third-order valence-corrected chi connectivity index (χ3v) is 0. The molecule has 0 fully saturated rings. The van der Waals surface area contributed by atoms with E-state index in [9.17, 15) is 0 Å². The lowest BCUT2D eigenvalue weighted by molar-refractivity contribution is 1.45. The molecule has 48 valence electrons. The van der Waals surface area contributed by atoms with Crippen LogP contribution in [0.4, 0.5) is 0 Å². The molecular formula is C6H14N2. The van der Waals surface area contributed by atoms with E-state index in [2.05, 4.69) is 0 Å². The summed E-state index contributed by atoms with van der Waals surface area (Å²) in [6.45, 7) is 7.00. The van der Waals surface area contributed by atoms with Crippen molar-refractivity contribution < 1.29 is 0 Å². The second kappa shape index (κ2) is 6.34. The molecule has 0 amide bonds. The highest BCUT2D eigenvalue weighted by Gasteiger charge is 1.55. The first-order chi connectivity index (χ1) is 3.46. The van der Waals surface area contributed by atoms with E-state index >= 15 is 0 Å². The lowest BCUT2D eigenvalue weighted by atomic mass is 10.5. The number of hydrogen-bond acceptors (Lipinski definition) is 2. The van der Waals surface area contributed by atoms with Crippen molar-refractivity contribution in [3.8, 4) is 0 Å². The van der Waals surface area contributed by atoms with E-state index in [-0.39, 0.29) is 0 Å². The van der Waals surface area contributed by atoms with Gasteiger partial charge in [0.05, 0.1) is 0 Å². The first kappa shape index (κ1) is 10.3. The molecule has 0 aromatic carbocycles. The van der Waals surface area contributed by atoms with E-state index in [0.717, 1.165) is 0 Å². The van der Waals surface area contributed by atoms with Crippen LogP contribution in [0.3, 0.4) is 0 Å². The first-order valence-electron chi connectivity index (χ1n) is 2.50. The van der Waals surface area contributed by atoms with Gasteiger partial charge in [-0.05, 0) is 27.7 Å². The second-order valence-electron chi connectivity index (χ2n) is 2.00. The highest BCUT2D eigenvalue weighted by molar-refractivity contribution is 5.75. The van der Waals surface area contributed by atoms with Crippen molar-refractivity contribution in [3.05, 3.63) is 0 Å². The Morgan fingerprint density at radius 1 is 0.750 bits per heavy atom. The zero-order valence-corrected chi connectivity index (χ0v) is 6.00. The fourth-order valence-corrected chi connectivity index (χ4v) is 0. The van der Waals surface area contributed by atoms with Crippen molar-refractivity contribution in [2.75, 3.05) is 0 Å².